The van der Waals surface area contributed by atoms with E-state index in [1.807, 2.05) is 24.3 Å². The molecule has 0 amide bonds. The van der Waals surface area contributed by atoms with Crippen molar-refractivity contribution >= 4 is 27.6 Å². The zero-order chi connectivity index (χ0) is 15.9. The number of ether oxygens (including phenoxy) is 1. The van der Waals surface area contributed by atoms with E-state index in [9.17, 15) is 4.79 Å². The summed E-state index contributed by atoms with van der Waals surface area (Å²) in [5.41, 5.74) is 0. The molecule has 0 aromatic heterocycles. The predicted molar refractivity (Wildman–Crippen MR) is 95.6 cm³/mol. The molecule has 22 heavy (non-hydrogen) atoms. The zero-order valence-electron chi connectivity index (χ0n) is 13.5. The summed E-state index contributed by atoms with van der Waals surface area (Å²) < 4.78 is 6.04. The van der Waals surface area contributed by atoms with Crippen LogP contribution in [0.2, 0.25) is 0 Å². The Kier molecular flexibility index (Phi) is 6.32. The van der Waals surface area contributed by atoms with E-state index in [1.165, 1.54) is 17.1 Å². The third-order valence-corrected chi connectivity index (χ3v) is 4.61. The van der Waals surface area contributed by atoms with Gasteiger partial charge in [-0.25, -0.2) is 0 Å². The number of carbonyl (C=O) groups excluding carboxylic acids is 1. The maximum Gasteiger partial charge on any atom is 0.186 e. The number of fused-ring (bicyclic) bond motifs is 1. The molecule has 2 rings (SSSR count). The smallest absolute Gasteiger partial charge is 0.186 e. The van der Waals surface area contributed by atoms with E-state index in [0.717, 1.165) is 24.0 Å². The van der Waals surface area contributed by atoms with E-state index in [2.05, 4.69) is 32.0 Å². The average molecular weight is 316 g/mol. The molecule has 3 heteroatoms. The number of hydrogen-bond donors (Lipinski definition) is 0. The van der Waals surface area contributed by atoms with E-state index in [4.69, 9.17) is 4.74 Å². The molecular formula is C19H24O2S. The molecule has 0 spiro atoms. The van der Waals surface area contributed by atoms with Crippen molar-refractivity contribution in [3.05, 3.63) is 42.5 Å². The van der Waals surface area contributed by atoms with Crippen LogP contribution in [-0.4, -0.2) is 17.0 Å². The summed E-state index contributed by atoms with van der Waals surface area (Å²) in [5, 5.41) is 2.69. The number of rotatable bonds is 7. The molecule has 0 aliphatic carbocycles. The minimum Gasteiger partial charge on any atom is -0.492 e. The van der Waals surface area contributed by atoms with Gasteiger partial charge in [0.25, 0.3) is 0 Å². The molecule has 0 N–H and O–H groups in total. The third kappa shape index (κ3) is 5.06. The SMILES string of the molecule is CC(=O)SC(CCC(C)C)COc1cccc2ccccc12. The van der Waals surface area contributed by atoms with Gasteiger partial charge in [0.2, 0.25) is 0 Å². The largest absolute Gasteiger partial charge is 0.492 e. The van der Waals surface area contributed by atoms with Gasteiger partial charge in [0, 0.05) is 17.6 Å². The first-order valence-electron chi connectivity index (χ1n) is 7.84. The molecule has 0 bridgehead atoms. The van der Waals surface area contributed by atoms with Crippen LogP contribution in [-0.2, 0) is 4.79 Å². The van der Waals surface area contributed by atoms with E-state index in [-0.39, 0.29) is 10.4 Å². The van der Waals surface area contributed by atoms with Crippen molar-refractivity contribution in [3.63, 3.8) is 0 Å². The standard InChI is InChI=1S/C19H24O2S/c1-14(2)11-12-17(22-15(3)20)13-21-19-10-6-8-16-7-4-5-9-18(16)19/h4-10,14,17H,11-13H2,1-3H3. The molecule has 0 saturated heterocycles. The van der Waals surface area contributed by atoms with Gasteiger partial charge >= 0.3 is 0 Å². The summed E-state index contributed by atoms with van der Waals surface area (Å²) in [6.07, 6.45) is 2.12. The lowest BCUT2D eigenvalue weighted by Gasteiger charge is -2.18. The average Bonchev–Trinajstić information content (AvgIpc) is 2.49. The maximum atomic E-state index is 11.4. The highest BCUT2D eigenvalue weighted by Crippen LogP contribution is 2.27. The Bertz CT molecular complexity index is 616. The second-order valence-corrected chi connectivity index (χ2v) is 7.47. The fraction of sp³-hybridized carbons (Fsp3) is 0.421. The second kappa shape index (κ2) is 8.23. The monoisotopic (exact) mass is 316 g/mol. The molecule has 1 unspecified atom stereocenters. The van der Waals surface area contributed by atoms with Crippen molar-refractivity contribution in [2.75, 3.05) is 6.61 Å². The fourth-order valence-corrected chi connectivity index (χ4v) is 3.29. The quantitative estimate of drug-likeness (QED) is 0.693. The number of hydrogen-bond acceptors (Lipinski definition) is 3. The highest BCUT2D eigenvalue weighted by Gasteiger charge is 2.14. The van der Waals surface area contributed by atoms with Crippen molar-refractivity contribution in [1.82, 2.24) is 0 Å². The first-order valence-corrected chi connectivity index (χ1v) is 8.72. The van der Waals surface area contributed by atoms with Crippen LogP contribution in [0, 0.1) is 5.92 Å². The van der Waals surface area contributed by atoms with Gasteiger partial charge in [-0.05, 0) is 30.2 Å². The number of thioether (sulfide) groups is 1. The third-order valence-electron chi connectivity index (χ3n) is 3.57. The van der Waals surface area contributed by atoms with Gasteiger partial charge in [-0.3, -0.25) is 4.79 Å². The summed E-state index contributed by atoms with van der Waals surface area (Å²) in [6.45, 7) is 6.62. The summed E-state index contributed by atoms with van der Waals surface area (Å²) in [6, 6.07) is 14.3. The summed E-state index contributed by atoms with van der Waals surface area (Å²) in [4.78, 5) is 11.4. The van der Waals surface area contributed by atoms with Crippen LogP contribution in [0.1, 0.15) is 33.6 Å². The van der Waals surface area contributed by atoms with Gasteiger partial charge in [0.05, 0.1) is 0 Å². The van der Waals surface area contributed by atoms with Crippen molar-refractivity contribution in [2.45, 2.75) is 38.9 Å². The predicted octanol–water partition coefficient (Wildman–Crippen LogP) is 5.30. The van der Waals surface area contributed by atoms with Crippen molar-refractivity contribution in [1.29, 1.82) is 0 Å². The van der Waals surface area contributed by atoms with Crippen LogP contribution >= 0.6 is 11.8 Å². The molecule has 118 valence electrons. The van der Waals surface area contributed by atoms with Crippen LogP contribution in [0.5, 0.6) is 5.75 Å². The van der Waals surface area contributed by atoms with E-state index >= 15 is 0 Å². The molecule has 0 saturated carbocycles. The molecule has 0 fully saturated rings. The van der Waals surface area contributed by atoms with Crippen LogP contribution in [0.15, 0.2) is 42.5 Å². The Labute approximate surface area is 137 Å². The summed E-state index contributed by atoms with van der Waals surface area (Å²) in [5.74, 6) is 1.55. The normalized spacial score (nSPS) is 12.5. The molecule has 1 atom stereocenters. The Balaban J connectivity index is 2.05. The second-order valence-electron chi connectivity index (χ2n) is 5.99. The Morgan fingerprint density at radius 2 is 1.82 bits per heavy atom. The first kappa shape index (κ1) is 16.9. The fourth-order valence-electron chi connectivity index (χ4n) is 2.43. The molecule has 0 aliphatic rings. The highest BCUT2D eigenvalue weighted by molar-refractivity contribution is 8.14. The Hall–Kier alpha value is -1.48. The molecule has 0 radical (unpaired) electrons. The maximum absolute atomic E-state index is 11.4. The van der Waals surface area contributed by atoms with Crippen LogP contribution < -0.4 is 4.74 Å². The minimum absolute atomic E-state index is 0.162. The first-order chi connectivity index (χ1) is 10.6. The molecule has 2 aromatic rings. The van der Waals surface area contributed by atoms with Gasteiger partial charge < -0.3 is 4.74 Å². The lowest BCUT2D eigenvalue weighted by atomic mass is 10.1. The lowest BCUT2D eigenvalue weighted by Crippen LogP contribution is -2.17. The van der Waals surface area contributed by atoms with Crippen molar-refractivity contribution in [2.24, 2.45) is 5.92 Å². The van der Waals surface area contributed by atoms with Gasteiger partial charge in [-0.2, -0.15) is 0 Å². The number of carbonyl (C=O) groups is 1. The lowest BCUT2D eigenvalue weighted by molar-refractivity contribution is -0.109. The number of benzene rings is 2. The van der Waals surface area contributed by atoms with Gasteiger partial charge in [0.15, 0.2) is 5.12 Å². The van der Waals surface area contributed by atoms with Crippen LogP contribution in [0.25, 0.3) is 10.8 Å². The molecular weight excluding hydrogens is 292 g/mol. The minimum atomic E-state index is 0.162. The van der Waals surface area contributed by atoms with Crippen LogP contribution in [0.4, 0.5) is 0 Å². The van der Waals surface area contributed by atoms with Gasteiger partial charge in [0.1, 0.15) is 12.4 Å². The highest BCUT2D eigenvalue weighted by atomic mass is 32.2. The zero-order valence-corrected chi connectivity index (χ0v) is 14.4. The van der Waals surface area contributed by atoms with Gasteiger partial charge in [-0.15, -0.1) is 0 Å². The van der Waals surface area contributed by atoms with E-state index in [0.29, 0.717) is 12.5 Å². The molecule has 0 heterocycles. The molecule has 0 aliphatic heterocycles. The topological polar surface area (TPSA) is 26.3 Å². The summed E-state index contributed by atoms with van der Waals surface area (Å²) in [7, 11) is 0. The Morgan fingerprint density at radius 3 is 2.55 bits per heavy atom. The molecule has 2 nitrogen and oxygen atoms in total. The van der Waals surface area contributed by atoms with Crippen molar-refractivity contribution in [3.8, 4) is 5.75 Å². The van der Waals surface area contributed by atoms with E-state index in [1.54, 1.807) is 6.92 Å². The summed E-state index contributed by atoms with van der Waals surface area (Å²) >= 11 is 1.40. The molecule has 2 aromatic carbocycles. The van der Waals surface area contributed by atoms with E-state index < -0.39 is 0 Å². The van der Waals surface area contributed by atoms with Crippen LogP contribution in [0.3, 0.4) is 0 Å². The van der Waals surface area contributed by atoms with Gasteiger partial charge in [-0.1, -0.05) is 62.0 Å². The van der Waals surface area contributed by atoms with Crippen molar-refractivity contribution < 1.29 is 9.53 Å². The Morgan fingerprint density at radius 1 is 1.09 bits per heavy atom.